The SMILES string of the molecule is O=C(Oc1ccccc1)C(=O)c1ccc(Br)cc1. The van der Waals surface area contributed by atoms with Crippen molar-refractivity contribution in [2.75, 3.05) is 0 Å². The third kappa shape index (κ3) is 3.05. The molecule has 0 aromatic heterocycles. The Bertz CT molecular complexity index is 561. The zero-order valence-corrected chi connectivity index (χ0v) is 10.9. The van der Waals surface area contributed by atoms with Crippen LogP contribution in [-0.4, -0.2) is 11.8 Å². The lowest BCUT2D eigenvalue weighted by atomic mass is 10.1. The Morgan fingerprint density at radius 2 is 1.50 bits per heavy atom. The van der Waals surface area contributed by atoms with Gasteiger partial charge in [-0.05, 0) is 36.4 Å². The van der Waals surface area contributed by atoms with Gasteiger partial charge in [-0.1, -0.05) is 34.1 Å². The summed E-state index contributed by atoms with van der Waals surface area (Å²) in [5.74, 6) is -1.19. The third-order valence-electron chi connectivity index (χ3n) is 2.25. The van der Waals surface area contributed by atoms with Gasteiger partial charge in [0.15, 0.2) is 0 Å². The minimum atomic E-state index is -0.886. The van der Waals surface area contributed by atoms with Crippen molar-refractivity contribution in [1.82, 2.24) is 0 Å². The minimum Gasteiger partial charge on any atom is -0.421 e. The highest BCUT2D eigenvalue weighted by molar-refractivity contribution is 9.10. The Balaban J connectivity index is 2.10. The summed E-state index contributed by atoms with van der Waals surface area (Å²) in [7, 11) is 0. The second-order valence-electron chi connectivity index (χ2n) is 3.54. The number of Topliss-reactive ketones (excluding diaryl/α,β-unsaturated/α-hetero) is 1. The maximum absolute atomic E-state index is 11.8. The summed E-state index contributed by atoms with van der Waals surface area (Å²) in [6.45, 7) is 0. The molecule has 3 nitrogen and oxygen atoms in total. The van der Waals surface area contributed by atoms with Crippen molar-refractivity contribution in [3.05, 3.63) is 64.6 Å². The number of rotatable bonds is 3. The number of esters is 1. The van der Waals surface area contributed by atoms with Crippen molar-refractivity contribution in [3.63, 3.8) is 0 Å². The number of carbonyl (C=O) groups excluding carboxylic acids is 2. The monoisotopic (exact) mass is 304 g/mol. The van der Waals surface area contributed by atoms with Crippen LogP contribution in [0.1, 0.15) is 10.4 Å². The van der Waals surface area contributed by atoms with Crippen molar-refractivity contribution >= 4 is 27.7 Å². The molecule has 0 aliphatic carbocycles. The molecule has 0 aliphatic heterocycles. The average Bonchev–Trinajstić information content (AvgIpc) is 2.40. The third-order valence-corrected chi connectivity index (χ3v) is 2.77. The van der Waals surface area contributed by atoms with Gasteiger partial charge in [-0.15, -0.1) is 0 Å². The highest BCUT2D eigenvalue weighted by Crippen LogP contribution is 2.13. The molecule has 2 aromatic carbocycles. The predicted molar refractivity (Wildman–Crippen MR) is 70.5 cm³/mol. The number of ketones is 1. The van der Waals surface area contributed by atoms with Gasteiger partial charge in [0.1, 0.15) is 5.75 Å². The van der Waals surface area contributed by atoms with Crippen molar-refractivity contribution in [1.29, 1.82) is 0 Å². The van der Waals surface area contributed by atoms with Crippen LogP contribution in [0.3, 0.4) is 0 Å². The Morgan fingerprint density at radius 1 is 0.889 bits per heavy atom. The minimum absolute atomic E-state index is 0.305. The first kappa shape index (κ1) is 12.5. The fraction of sp³-hybridized carbons (Fsp3) is 0. The molecule has 0 aliphatic rings. The predicted octanol–water partition coefficient (Wildman–Crippen LogP) is 3.24. The second kappa shape index (κ2) is 5.60. The van der Waals surface area contributed by atoms with Gasteiger partial charge in [0, 0.05) is 10.0 Å². The van der Waals surface area contributed by atoms with Crippen LogP contribution in [0.5, 0.6) is 5.75 Å². The fourth-order valence-electron chi connectivity index (χ4n) is 1.36. The van der Waals surface area contributed by atoms with E-state index in [9.17, 15) is 9.59 Å². The quantitative estimate of drug-likeness (QED) is 0.378. The van der Waals surface area contributed by atoms with Crippen LogP contribution in [0.15, 0.2) is 59.1 Å². The molecule has 4 heteroatoms. The molecule has 0 heterocycles. The van der Waals surface area contributed by atoms with Gasteiger partial charge < -0.3 is 4.74 Å². The van der Waals surface area contributed by atoms with Gasteiger partial charge in [-0.3, -0.25) is 4.79 Å². The van der Waals surface area contributed by atoms with Crippen LogP contribution in [0.25, 0.3) is 0 Å². The molecule has 18 heavy (non-hydrogen) atoms. The molecule has 2 aromatic rings. The maximum atomic E-state index is 11.8. The molecule has 0 unspecified atom stereocenters. The number of para-hydroxylation sites is 1. The van der Waals surface area contributed by atoms with E-state index in [1.807, 2.05) is 0 Å². The molecule has 0 fully saturated rings. The number of ether oxygens (including phenoxy) is 1. The highest BCUT2D eigenvalue weighted by atomic mass is 79.9. The van der Waals surface area contributed by atoms with E-state index in [1.54, 1.807) is 54.6 Å². The topological polar surface area (TPSA) is 43.4 Å². The van der Waals surface area contributed by atoms with Gasteiger partial charge in [0.2, 0.25) is 0 Å². The Labute approximate surface area is 113 Å². The van der Waals surface area contributed by atoms with E-state index in [2.05, 4.69) is 15.9 Å². The van der Waals surface area contributed by atoms with Crippen LogP contribution in [0.2, 0.25) is 0 Å². The Kier molecular flexibility index (Phi) is 3.89. The molecule has 0 amide bonds. The zero-order valence-electron chi connectivity index (χ0n) is 9.30. The van der Waals surface area contributed by atoms with E-state index in [-0.39, 0.29) is 0 Å². The van der Waals surface area contributed by atoms with E-state index in [0.717, 1.165) is 4.47 Å². The maximum Gasteiger partial charge on any atom is 0.385 e. The van der Waals surface area contributed by atoms with E-state index in [0.29, 0.717) is 11.3 Å². The van der Waals surface area contributed by atoms with E-state index in [4.69, 9.17) is 4.74 Å². The molecule has 0 saturated heterocycles. The molecular weight excluding hydrogens is 296 g/mol. The van der Waals surface area contributed by atoms with E-state index in [1.165, 1.54) is 0 Å². The Hall–Kier alpha value is -1.94. The lowest BCUT2D eigenvalue weighted by molar-refractivity contribution is -0.129. The zero-order chi connectivity index (χ0) is 13.0. The summed E-state index contributed by atoms with van der Waals surface area (Å²) >= 11 is 3.26. The lowest BCUT2D eigenvalue weighted by Gasteiger charge is -2.03. The number of hydrogen-bond acceptors (Lipinski definition) is 3. The number of carbonyl (C=O) groups is 2. The van der Waals surface area contributed by atoms with Crippen LogP contribution in [0, 0.1) is 0 Å². The van der Waals surface area contributed by atoms with Crippen molar-refractivity contribution < 1.29 is 14.3 Å². The number of hydrogen-bond donors (Lipinski definition) is 0. The van der Waals surface area contributed by atoms with Gasteiger partial charge in [0.25, 0.3) is 5.78 Å². The summed E-state index contributed by atoms with van der Waals surface area (Å²) in [6.07, 6.45) is 0. The molecule has 0 bridgehead atoms. The summed E-state index contributed by atoms with van der Waals surface area (Å²) in [5.41, 5.74) is 0.305. The van der Waals surface area contributed by atoms with Crippen molar-refractivity contribution in [3.8, 4) is 5.75 Å². The largest absolute Gasteiger partial charge is 0.421 e. The molecule has 0 saturated carbocycles. The van der Waals surface area contributed by atoms with Gasteiger partial charge in [0.05, 0.1) is 0 Å². The molecule has 0 N–H and O–H groups in total. The summed E-state index contributed by atoms with van der Waals surface area (Å²) < 4.78 is 5.80. The van der Waals surface area contributed by atoms with Gasteiger partial charge in [-0.2, -0.15) is 0 Å². The van der Waals surface area contributed by atoms with Gasteiger partial charge >= 0.3 is 5.97 Å². The Morgan fingerprint density at radius 3 is 2.11 bits per heavy atom. The molecule has 0 spiro atoms. The van der Waals surface area contributed by atoms with Crippen LogP contribution in [-0.2, 0) is 4.79 Å². The van der Waals surface area contributed by atoms with Crippen LogP contribution in [0.4, 0.5) is 0 Å². The van der Waals surface area contributed by atoms with E-state index < -0.39 is 11.8 Å². The standard InChI is InChI=1S/C14H9BrO3/c15-11-8-6-10(7-9-11)13(16)14(17)18-12-4-2-1-3-5-12/h1-9H. The van der Waals surface area contributed by atoms with Crippen molar-refractivity contribution in [2.24, 2.45) is 0 Å². The summed E-state index contributed by atoms with van der Waals surface area (Å²) in [6, 6.07) is 15.0. The first-order chi connectivity index (χ1) is 8.66. The van der Waals surface area contributed by atoms with Crippen LogP contribution >= 0.6 is 15.9 Å². The van der Waals surface area contributed by atoms with Gasteiger partial charge in [-0.25, -0.2) is 4.79 Å². The first-order valence-electron chi connectivity index (χ1n) is 5.24. The van der Waals surface area contributed by atoms with E-state index >= 15 is 0 Å². The average molecular weight is 305 g/mol. The first-order valence-corrected chi connectivity index (χ1v) is 6.03. The summed E-state index contributed by atoms with van der Waals surface area (Å²) in [4.78, 5) is 23.4. The normalized spacial score (nSPS) is 9.83. The number of benzene rings is 2. The highest BCUT2D eigenvalue weighted by Gasteiger charge is 2.18. The molecular formula is C14H9BrO3. The molecule has 90 valence electrons. The molecule has 0 radical (unpaired) electrons. The summed E-state index contributed by atoms with van der Waals surface area (Å²) in [5, 5.41) is 0. The fourth-order valence-corrected chi connectivity index (χ4v) is 1.63. The molecule has 2 rings (SSSR count). The smallest absolute Gasteiger partial charge is 0.385 e. The van der Waals surface area contributed by atoms with Crippen molar-refractivity contribution in [2.45, 2.75) is 0 Å². The molecule has 0 atom stereocenters. The lowest BCUT2D eigenvalue weighted by Crippen LogP contribution is -2.20. The second-order valence-corrected chi connectivity index (χ2v) is 4.45. The van der Waals surface area contributed by atoms with Crippen LogP contribution < -0.4 is 4.74 Å². The number of halogens is 1.